The average Bonchev–Trinajstić information content (AvgIpc) is 2.88. The van der Waals surface area contributed by atoms with E-state index in [9.17, 15) is 19.8 Å². The summed E-state index contributed by atoms with van der Waals surface area (Å²) in [7, 11) is 0. The molecule has 2 rings (SSSR count). The largest absolute Gasteiger partial charge is 0.507 e. The second-order valence-electron chi connectivity index (χ2n) is 18.0. The summed E-state index contributed by atoms with van der Waals surface area (Å²) < 4.78 is 5.68. The fraction of sp³-hybridized carbons (Fsp3) is 0.650. The number of esters is 1. The highest BCUT2D eigenvalue weighted by Crippen LogP contribution is 2.42. The van der Waals surface area contributed by atoms with E-state index in [1.165, 1.54) is 0 Å². The van der Waals surface area contributed by atoms with Crippen LogP contribution in [0.3, 0.4) is 0 Å². The molecule has 0 aliphatic carbocycles. The molecule has 2 atom stereocenters. The van der Waals surface area contributed by atoms with Crippen molar-refractivity contribution < 1.29 is 39.4 Å². The summed E-state index contributed by atoms with van der Waals surface area (Å²) in [5, 5.41) is 27.0. The van der Waals surface area contributed by atoms with E-state index in [1.54, 1.807) is 27.7 Å². The van der Waals surface area contributed by atoms with Gasteiger partial charge in [-0.15, -0.1) is 0 Å². The lowest BCUT2D eigenvalue weighted by molar-refractivity contribution is -0.518. The maximum Gasteiger partial charge on any atom is 0.352 e. The highest BCUT2D eigenvalue weighted by atomic mass is 17.5. The molecule has 0 aromatic heterocycles. The Hall–Kier alpha value is -3.10. The van der Waals surface area contributed by atoms with Gasteiger partial charge in [-0.25, -0.2) is 4.79 Å². The van der Waals surface area contributed by atoms with Crippen LogP contribution in [-0.4, -0.2) is 33.9 Å². The maximum atomic E-state index is 13.0. The van der Waals surface area contributed by atoms with E-state index < -0.39 is 23.6 Å². The van der Waals surface area contributed by atoms with Gasteiger partial charge in [-0.3, -0.25) is 9.68 Å². The second-order valence-corrected chi connectivity index (χ2v) is 18.0. The SMILES string of the molecule is CC(CC(C)(C)OOOC(=O)C(C)c1cc(C(C)(C)C)c(O)c(C(C)(C)C)c1)OC(=O)CCc1cc(C(C)(C)C)c(O)c(C(C)(C)C)c1. The van der Waals surface area contributed by atoms with Gasteiger partial charge in [-0.1, -0.05) is 107 Å². The van der Waals surface area contributed by atoms with Crippen molar-refractivity contribution in [1.29, 1.82) is 0 Å². The van der Waals surface area contributed by atoms with Crippen LogP contribution in [0.5, 0.6) is 11.5 Å². The molecule has 0 heterocycles. The zero-order valence-electron chi connectivity index (χ0n) is 32.4. The number of aromatic hydroxyl groups is 2. The summed E-state index contributed by atoms with van der Waals surface area (Å²) in [5.41, 5.74) is 2.73. The molecule has 2 aromatic rings. The van der Waals surface area contributed by atoms with Gasteiger partial charge in [-0.05, 0) is 94.2 Å². The molecule has 0 saturated heterocycles. The van der Waals surface area contributed by atoms with Gasteiger partial charge in [0.1, 0.15) is 23.2 Å². The van der Waals surface area contributed by atoms with Crippen molar-refractivity contribution in [3.8, 4) is 11.5 Å². The number of rotatable bonds is 11. The fourth-order valence-electron chi connectivity index (χ4n) is 5.68. The highest BCUT2D eigenvalue weighted by molar-refractivity contribution is 5.77. The fourth-order valence-corrected chi connectivity index (χ4v) is 5.68. The Bertz CT molecular complexity index is 1370. The Morgan fingerprint density at radius 1 is 0.667 bits per heavy atom. The number of hydrogen-bond donors (Lipinski definition) is 2. The molecule has 0 radical (unpaired) electrons. The second kappa shape index (κ2) is 14.8. The molecule has 2 N–H and O–H groups in total. The molecule has 0 saturated carbocycles. The number of benzene rings is 2. The minimum atomic E-state index is -0.944. The lowest BCUT2D eigenvalue weighted by Crippen LogP contribution is -2.32. The summed E-state index contributed by atoms with van der Waals surface area (Å²) in [4.78, 5) is 36.3. The van der Waals surface area contributed by atoms with Gasteiger partial charge in [0.15, 0.2) is 0 Å². The molecule has 0 bridgehead atoms. The van der Waals surface area contributed by atoms with E-state index in [2.05, 4.69) is 41.5 Å². The summed E-state index contributed by atoms with van der Waals surface area (Å²) in [6.45, 7) is 31.4. The van der Waals surface area contributed by atoms with Crippen molar-refractivity contribution in [2.75, 3.05) is 0 Å². The molecule has 0 aliphatic heterocycles. The predicted molar refractivity (Wildman–Crippen MR) is 190 cm³/mol. The van der Waals surface area contributed by atoms with E-state index in [0.717, 1.165) is 27.8 Å². The van der Waals surface area contributed by atoms with Gasteiger partial charge in [0.25, 0.3) is 0 Å². The number of aryl methyl sites for hydroxylation is 1. The molecule has 0 amide bonds. The first kappa shape index (κ1) is 41.1. The van der Waals surface area contributed by atoms with Crippen molar-refractivity contribution in [2.45, 2.75) is 169 Å². The molecule has 2 aromatic carbocycles. The number of ether oxygens (including phenoxy) is 1. The monoisotopic (exact) mass is 670 g/mol. The van der Waals surface area contributed by atoms with Crippen LogP contribution in [0.2, 0.25) is 0 Å². The highest BCUT2D eigenvalue weighted by Gasteiger charge is 2.31. The lowest BCUT2D eigenvalue weighted by atomic mass is 9.77. The molecule has 48 heavy (non-hydrogen) atoms. The third kappa shape index (κ3) is 11.2. The predicted octanol–water partition coefficient (Wildman–Crippen LogP) is 9.53. The first-order valence-electron chi connectivity index (χ1n) is 17.0. The molecule has 2 unspecified atom stereocenters. The average molecular weight is 671 g/mol. The van der Waals surface area contributed by atoms with Crippen LogP contribution in [0.4, 0.5) is 0 Å². The molecular weight excluding hydrogens is 608 g/mol. The molecule has 8 heteroatoms. The topological polar surface area (TPSA) is 112 Å². The van der Waals surface area contributed by atoms with Gasteiger partial charge in [0.05, 0.1) is 5.92 Å². The number of carbonyl (C=O) groups excluding carboxylic acids is 2. The molecule has 270 valence electrons. The van der Waals surface area contributed by atoms with Crippen LogP contribution in [0.25, 0.3) is 0 Å². The lowest BCUT2D eigenvalue weighted by Gasteiger charge is -2.29. The zero-order chi connectivity index (χ0) is 37.2. The quantitative estimate of drug-likeness (QED) is 0.138. The zero-order valence-corrected chi connectivity index (χ0v) is 32.4. The van der Waals surface area contributed by atoms with E-state index >= 15 is 0 Å². The molecular formula is C40H62O8. The van der Waals surface area contributed by atoms with Crippen molar-refractivity contribution in [1.82, 2.24) is 0 Å². The van der Waals surface area contributed by atoms with Crippen molar-refractivity contribution in [3.05, 3.63) is 57.6 Å². The van der Waals surface area contributed by atoms with Crippen molar-refractivity contribution in [3.63, 3.8) is 0 Å². The summed E-state index contributed by atoms with van der Waals surface area (Å²) in [6.07, 6.45) is 0.449. The van der Waals surface area contributed by atoms with E-state index in [1.807, 2.05) is 65.8 Å². The molecule has 8 nitrogen and oxygen atoms in total. The summed E-state index contributed by atoms with van der Waals surface area (Å²) in [6, 6.07) is 7.64. The molecule has 0 fully saturated rings. The number of phenols is 2. The molecule has 0 spiro atoms. The third-order valence-corrected chi connectivity index (χ3v) is 8.49. The standard InChI is InChI=1S/C40H62O8/c1-24(45-32(41)18-17-26-19-28(36(3,4)5)33(42)29(20-26)37(6,7)8)23-40(15,16)47-48-46-35(44)25(2)27-21-30(38(9,10)11)34(43)31(22-27)39(12,13)14/h19-22,24-25,42-43H,17-18,23H2,1-16H3. The first-order chi connectivity index (χ1) is 21.5. The van der Waals surface area contributed by atoms with Crippen LogP contribution in [0.1, 0.15) is 163 Å². The van der Waals surface area contributed by atoms with Gasteiger partial charge in [-0.2, -0.15) is 4.89 Å². The smallest absolute Gasteiger partial charge is 0.352 e. The van der Waals surface area contributed by atoms with E-state index in [-0.39, 0.29) is 46.2 Å². The van der Waals surface area contributed by atoms with Crippen molar-refractivity contribution >= 4 is 11.9 Å². The van der Waals surface area contributed by atoms with Gasteiger partial charge in [0.2, 0.25) is 0 Å². The Morgan fingerprint density at radius 3 is 1.46 bits per heavy atom. The van der Waals surface area contributed by atoms with Crippen LogP contribution in [0.15, 0.2) is 24.3 Å². The van der Waals surface area contributed by atoms with Crippen molar-refractivity contribution in [2.24, 2.45) is 0 Å². The minimum absolute atomic E-state index is 0.181. The maximum absolute atomic E-state index is 13.0. The Morgan fingerprint density at radius 2 is 1.06 bits per heavy atom. The Kier molecular flexibility index (Phi) is 12.7. The normalized spacial score (nSPS) is 14.4. The van der Waals surface area contributed by atoms with E-state index in [0.29, 0.717) is 17.7 Å². The van der Waals surface area contributed by atoms with Crippen LogP contribution < -0.4 is 0 Å². The number of phenolic OH excluding ortho intramolecular Hbond substituents is 2. The van der Waals surface area contributed by atoms with Crippen LogP contribution in [-0.2, 0) is 57.2 Å². The van der Waals surface area contributed by atoms with E-state index in [4.69, 9.17) is 19.6 Å². The number of carbonyl (C=O) groups is 2. The van der Waals surface area contributed by atoms with Crippen LogP contribution >= 0.6 is 0 Å². The van der Waals surface area contributed by atoms with Gasteiger partial charge < -0.3 is 14.9 Å². The minimum Gasteiger partial charge on any atom is -0.507 e. The van der Waals surface area contributed by atoms with Crippen LogP contribution in [0, 0.1) is 0 Å². The van der Waals surface area contributed by atoms with Gasteiger partial charge >= 0.3 is 11.9 Å². The summed E-state index contributed by atoms with van der Waals surface area (Å²) in [5.74, 6) is -1.13. The molecule has 0 aliphatic rings. The first-order valence-corrected chi connectivity index (χ1v) is 17.0. The van der Waals surface area contributed by atoms with Gasteiger partial charge in [0, 0.05) is 12.8 Å². The number of hydrogen-bond acceptors (Lipinski definition) is 8. The third-order valence-electron chi connectivity index (χ3n) is 8.49. The Balaban J connectivity index is 2.00. The summed E-state index contributed by atoms with van der Waals surface area (Å²) >= 11 is 0. The Labute approximate surface area is 289 Å².